The van der Waals surface area contributed by atoms with E-state index in [2.05, 4.69) is 4.98 Å². The molecule has 3 aromatic rings. The monoisotopic (exact) mass is 474 g/mol. The standard InChI is InChI=1S/C24H25F3N4O3/c1-2-3-12-30(19(32)14-17-10-7-11-18(13-17)24(25,26)27)20-21(28)31(23(34)29-22(20)33)15-16-8-5-4-6-9-16/h4-11,13H,2-3,12,14-15,28H2,1H3,(H,29,33,34). The van der Waals surface area contributed by atoms with Crippen LogP contribution in [0.5, 0.6) is 0 Å². The Morgan fingerprint density at radius 2 is 1.74 bits per heavy atom. The third kappa shape index (κ3) is 5.75. The summed E-state index contributed by atoms with van der Waals surface area (Å²) in [6.45, 7) is 2.07. The lowest BCUT2D eigenvalue weighted by Gasteiger charge is -2.25. The first-order valence-corrected chi connectivity index (χ1v) is 10.7. The Balaban J connectivity index is 2.00. The van der Waals surface area contributed by atoms with E-state index in [9.17, 15) is 27.6 Å². The number of benzene rings is 2. The Hall–Kier alpha value is -3.82. The fraction of sp³-hybridized carbons (Fsp3) is 0.292. The molecule has 7 nitrogen and oxygen atoms in total. The van der Waals surface area contributed by atoms with Crippen molar-refractivity contribution >= 4 is 17.4 Å². The number of nitrogens with zero attached hydrogens (tertiary/aromatic N) is 2. The van der Waals surface area contributed by atoms with Gasteiger partial charge in [0.05, 0.1) is 18.5 Å². The third-order valence-corrected chi connectivity index (χ3v) is 5.31. The highest BCUT2D eigenvalue weighted by atomic mass is 19.4. The van der Waals surface area contributed by atoms with Crippen LogP contribution in [0.3, 0.4) is 0 Å². The van der Waals surface area contributed by atoms with Crippen LogP contribution in [0.15, 0.2) is 64.2 Å². The van der Waals surface area contributed by atoms with Crippen molar-refractivity contribution < 1.29 is 18.0 Å². The quantitative estimate of drug-likeness (QED) is 0.521. The van der Waals surface area contributed by atoms with Gasteiger partial charge in [0.25, 0.3) is 5.56 Å². The summed E-state index contributed by atoms with van der Waals surface area (Å²) >= 11 is 0. The number of nitrogens with two attached hydrogens (primary N) is 1. The van der Waals surface area contributed by atoms with Crippen LogP contribution >= 0.6 is 0 Å². The number of hydrogen-bond donors (Lipinski definition) is 2. The fourth-order valence-corrected chi connectivity index (χ4v) is 3.57. The van der Waals surface area contributed by atoms with Gasteiger partial charge in [0.2, 0.25) is 5.91 Å². The summed E-state index contributed by atoms with van der Waals surface area (Å²) in [6.07, 6.45) is -3.71. The molecule has 0 saturated heterocycles. The average molecular weight is 474 g/mol. The molecular formula is C24H25F3N4O3. The van der Waals surface area contributed by atoms with Crippen molar-refractivity contribution in [3.05, 3.63) is 92.1 Å². The number of aromatic nitrogens is 2. The zero-order valence-corrected chi connectivity index (χ0v) is 18.6. The predicted octanol–water partition coefficient (Wildman–Crippen LogP) is 3.56. The van der Waals surface area contributed by atoms with Gasteiger partial charge in [-0.1, -0.05) is 61.9 Å². The molecule has 10 heteroatoms. The molecule has 1 aromatic heterocycles. The summed E-state index contributed by atoms with van der Waals surface area (Å²) in [6, 6.07) is 13.4. The second kappa shape index (κ2) is 10.4. The van der Waals surface area contributed by atoms with E-state index < -0.39 is 28.9 Å². The molecule has 0 fully saturated rings. The Morgan fingerprint density at radius 3 is 2.38 bits per heavy atom. The molecule has 3 rings (SSSR count). The molecule has 0 spiro atoms. The van der Waals surface area contributed by atoms with Gasteiger partial charge in [0, 0.05) is 6.54 Å². The third-order valence-electron chi connectivity index (χ3n) is 5.31. The van der Waals surface area contributed by atoms with Crippen molar-refractivity contribution in [2.45, 2.75) is 38.9 Å². The molecule has 0 aliphatic heterocycles. The summed E-state index contributed by atoms with van der Waals surface area (Å²) in [5.74, 6) is -0.791. The van der Waals surface area contributed by atoms with E-state index >= 15 is 0 Å². The number of hydrogen-bond acceptors (Lipinski definition) is 4. The van der Waals surface area contributed by atoms with Crippen LogP contribution in [0.2, 0.25) is 0 Å². The van der Waals surface area contributed by atoms with E-state index in [4.69, 9.17) is 5.73 Å². The zero-order valence-electron chi connectivity index (χ0n) is 18.6. The Kier molecular flexibility index (Phi) is 7.60. The summed E-state index contributed by atoms with van der Waals surface area (Å²) in [5, 5.41) is 0. The molecule has 0 unspecified atom stereocenters. The second-order valence-electron chi connectivity index (χ2n) is 7.84. The number of alkyl halides is 3. The highest BCUT2D eigenvalue weighted by molar-refractivity contribution is 5.96. The van der Waals surface area contributed by atoms with E-state index in [1.54, 1.807) is 24.3 Å². The molecule has 2 aromatic carbocycles. The SMILES string of the molecule is CCCCN(C(=O)Cc1cccc(C(F)(F)F)c1)c1c(N)n(Cc2ccccc2)c(=O)[nH]c1=O. The van der Waals surface area contributed by atoms with Gasteiger partial charge < -0.3 is 10.6 Å². The minimum atomic E-state index is -4.55. The predicted molar refractivity (Wildman–Crippen MR) is 124 cm³/mol. The van der Waals surface area contributed by atoms with E-state index in [0.29, 0.717) is 12.8 Å². The highest BCUT2D eigenvalue weighted by Gasteiger charge is 2.31. The number of nitrogen functional groups attached to an aromatic ring is 1. The smallest absolute Gasteiger partial charge is 0.383 e. The van der Waals surface area contributed by atoms with Crippen LogP contribution < -0.4 is 21.9 Å². The molecule has 1 amide bonds. The summed E-state index contributed by atoms with van der Waals surface area (Å²) in [5.41, 5.74) is 4.50. The van der Waals surface area contributed by atoms with Crippen LogP contribution in [0.1, 0.15) is 36.5 Å². The lowest BCUT2D eigenvalue weighted by molar-refractivity contribution is -0.137. The van der Waals surface area contributed by atoms with Crippen LogP contribution in [0, 0.1) is 0 Å². The van der Waals surface area contributed by atoms with Gasteiger partial charge in [0.15, 0.2) is 5.69 Å². The number of halogens is 3. The lowest BCUT2D eigenvalue weighted by Crippen LogP contribution is -2.42. The van der Waals surface area contributed by atoms with E-state index in [0.717, 1.165) is 27.2 Å². The molecule has 3 N–H and O–H groups in total. The van der Waals surface area contributed by atoms with Gasteiger partial charge in [-0.25, -0.2) is 4.79 Å². The van der Waals surface area contributed by atoms with Gasteiger partial charge in [-0.05, 0) is 23.6 Å². The summed E-state index contributed by atoms with van der Waals surface area (Å²) in [7, 11) is 0. The number of amides is 1. The number of nitrogens with one attached hydrogen (secondary N) is 1. The molecule has 0 aliphatic rings. The maximum absolute atomic E-state index is 13.2. The molecule has 0 aliphatic carbocycles. The van der Waals surface area contributed by atoms with Gasteiger partial charge in [-0.15, -0.1) is 0 Å². The number of rotatable bonds is 8. The molecule has 0 bridgehead atoms. The lowest BCUT2D eigenvalue weighted by atomic mass is 10.1. The molecule has 0 saturated carbocycles. The van der Waals surface area contributed by atoms with Gasteiger partial charge >= 0.3 is 11.9 Å². The number of H-pyrrole nitrogens is 1. The van der Waals surface area contributed by atoms with Crippen molar-refractivity contribution in [2.24, 2.45) is 0 Å². The number of unbranched alkanes of at least 4 members (excludes halogenated alkanes) is 1. The maximum Gasteiger partial charge on any atom is 0.416 e. The Bertz CT molecular complexity index is 1270. The number of aromatic amines is 1. The fourth-order valence-electron chi connectivity index (χ4n) is 3.57. The van der Waals surface area contributed by atoms with Crippen LogP contribution in [0.4, 0.5) is 24.7 Å². The topological polar surface area (TPSA) is 101 Å². The molecule has 34 heavy (non-hydrogen) atoms. The minimum absolute atomic E-state index is 0.0682. The van der Waals surface area contributed by atoms with Crippen molar-refractivity contribution in [2.75, 3.05) is 17.2 Å². The maximum atomic E-state index is 13.2. The second-order valence-corrected chi connectivity index (χ2v) is 7.84. The van der Waals surface area contributed by atoms with Crippen molar-refractivity contribution in [3.8, 4) is 0 Å². The van der Waals surface area contributed by atoms with Crippen LogP contribution in [-0.4, -0.2) is 22.0 Å². The van der Waals surface area contributed by atoms with Gasteiger partial charge in [0.1, 0.15) is 5.82 Å². The van der Waals surface area contributed by atoms with Gasteiger partial charge in [-0.3, -0.25) is 19.1 Å². The summed E-state index contributed by atoms with van der Waals surface area (Å²) in [4.78, 5) is 41.7. The van der Waals surface area contributed by atoms with Crippen molar-refractivity contribution in [1.82, 2.24) is 9.55 Å². The molecule has 0 radical (unpaired) electrons. The van der Waals surface area contributed by atoms with Crippen molar-refractivity contribution in [3.63, 3.8) is 0 Å². The van der Waals surface area contributed by atoms with Crippen LogP contribution in [0.25, 0.3) is 0 Å². The number of carbonyl (C=O) groups excluding carboxylic acids is 1. The number of anilines is 2. The number of carbonyl (C=O) groups is 1. The Morgan fingerprint density at radius 1 is 1.06 bits per heavy atom. The molecule has 180 valence electrons. The van der Waals surface area contributed by atoms with Crippen LogP contribution in [-0.2, 0) is 23.9 Å². The average Bonchev–Trinajstić information content (AvgIpc) is 2.79. The van der Waals surface area contributed by atoms with E-state index in [-0.39, 0.29) is 36.6 Å². The van der Waals surface area contributed by atoms with Gasteiger partial charge in [-0.2, -0.15) is 13.2 Å². The Labute approximate surface area is 193 Å². The summed E-state index contributed by atoms with van der Waals surface area (Å²) < 4.78 is 40.4. The minimum Gasteiger partial charge on any atom is -0.383 e. The van der Waals surface area contributed by atoms with Crippen molar-refractivity contribution in [1.29, 1.82) is 0 Å². The largest absolute Gasteiger partial charge is 0.416 e. The highest BCUT2D eigenvalue weighted by Crippen LogP contribution is 2.30. The molecule has 0 atom stereocenters. The molecule has 1 heterocycles. The zero-order chi connectivity index (χ0) is 24.9. The van der Waals surface area contributed by atoms with E-state index in [1.807, 2.05) is 13.0 Å². The molecular weight excluding hydrogens is 449 g/mol. The first-order chi connectivity index (χ1) is 16.1. The first-order valence-electron chi connectivity index (χ1n) is 10.7. The van der Waals surface area contributed by atoms with E-state index in [1.165, 1.54) is 12.1 Å². The first kappa shape index (κ1) is 24.8. The normalized spacial score (nSPS) is 11.4.